The minimum absolute atomic E-state index is 0.0873. The van der Waals surface area contributed by atoms with E-state index in [1.807, 2.05) is 13.1 Å². The number of hydrogen-bond donors (Lipinski definition) is 0. The van der Waals surface area contributed by atoms with Crippen LogP contribution in [0.5, 0.6) is 0 Å². The van der Waals surface area contributed by atoms with E-state index in [1.54, 1.807) is 0 Å². The lowest BCUT2D eigenvalue weighted by Gasteiger charge is -2.25. The lowest BCUT2D eigenvalue weighted by molar-refractivity contribution is -0.144. The minimum atomic E-state index is -0.682. The van der Waals surface area contributed by atoms with Crippen molar-refractivity contribution < 1.29 is 19.1 Å². The predicted octanol–water partition coefficient (Wildman–Crippen LogP) is 1.65. The fourth-order valence-corrected chi connectivity index (χ4v) is 2.02. The second-order valence-electron chi connectivity index (χ2n) is 4.51. The maximum absolute atomic E-state index is 11.5. The van der Waals surface area contributed by atoms with Crippen LogP contribution in [0.2, 0.25) is 0 Å². The molecule has 106 valence electrons. The van der Waals surface area contributed by atoms with Crippen molar-refractivity contribution in [2.24, 2.45) is 0 Å². The molecule has 0 bridgehead atoms. The molecule has 0 radical (unpaired) electrons. The molecule has 1 aliphatic heterocycles. The molecular weight excluding hydrogens is 246 g/mol. The number of allylic oxidation sites excluding steroid dienone is 2. The highest BCUT2D eigenvalue weighted by molar-refractivity contribution is 6.14. The van der Waals surface area contributed by atoms with E-state index in [4.69, 9.17) is 0 Å². The molecule has 0 spiro atoms. The molecule has 1 heterocycles. The standard InChI is InChI=1S/C14H21NO4/c1-11(10-15-7-5-4-6-8-15)9-12(13(16)18-2)14(17)19-3/h9-10H,4-8H2,1-3H3. The summed E-state index contributed by atoms with van der Waals surface area (Å²) in [7, 11) is 2.48. The van der Waals surface area contributed by atoms with Crippen LogP contribution in [0.1, 0.15) is 26.2 Å². The van der Waals surface area contributed by atoms with Crippen LogP contribution >= 0.6 is 0 Å². The maximum atomic E-state index is 11.5. The lowest BCUT2D eigenvalue weighted by Crippen LogP contribution is -2.24. The Morgan fingerprint density at radius 1 is 1.00 bits per heavy atom. The molecule has 5 heteroatoms. The zero-order chi connectivity index (χ0) is 14.3. The number of hydrogen-bond acceptors (Lipinski definition) is 5. The molecule has 0 saturated carbocycles. The summed E-state index contributed by atoms with van der Waals surface area (Å²) in [6.45, 7) is 3.87. The van der Waals surface area contributed by atoms with E-state index in [2.05, 4.69) is 14.4 Å². The van der Waals surface area contributed by atoms with Gasteiger partial charge >= 0.3 is 11.9 Å². The average Bonchev–Trinajstić information content (AvgIpc) is 2.44. The van der Waals surface area contributed by atoms with Crippen LogP contribution in [-0.4, -0.2) is 44.1 Å². The molecule has 0 amide bonds. The van der Waals surface area contributed by atoms with Crippen molar-refractivity contribution in [1.29, 1.82) is 0 Å². The fraction of sp³-hybridized carbons (Fsp3) is 0.571. The van der Waals surface area contributed by atoms with E-state index >= 15 is 0 Å². The number of ether oxygens (including phenoxy) is 2. The first kappa shape index (κ1) is 15.3. The van der Waals surface area contributed by atoms with E-state index in [0.717, 1.165) is 18.7 Å². The molecule has 1 fully saturated rings. The maximum Gasteiger partial charge on any atom is 0.345 e. The fourth-order valence-electron chi connectivity index (χ4n) is 2.02. The number of likely N-dealkylation sites (tertiary alicyclic amines) is 1. The number of rotatable bonds is 4. The number of carbonyl (C=O) groups is 2. The molecule has 0 aliphatic carbocycles. The van der Waals surface area contributed by atoms with Gasteiger partial charge in [-0.3, -0.25) is 0 Å². The van der Waals surface area contributed by atoms with Gasteiger partial charge in [0.15, 0.2) is 0 Å². The Morgan fingerprint density at radius 3 is 2.00 bits per heavy atom. The number of carbonyl (C=O) groups excluding carboxylic acids is 2. The Hall–Kier alpha value is -1.78. The normalized spacial score (nSPS) is 15.7. The summed E-state index contributed by atoms with van der Waals surface area (Å²) in [5.74, 6) is -1.36. The third kappa shape index (κ3) is 4.77. The summed E-state index contributed by atoms with van der Waals surface area (Å²) >= 11 is 0. The largest absolute Gasteiger partial charge is 0.465 e. The van der Waals surface area contributed by atoms with Gasteiger partial charge < -0.3 is 14.4 Å². The van der Waals surface area contributed by atoms with Gasteiger partial charge in [-0.1, -0.05) is 0 Å². The molecule has 1 aliphatic rings. The zero-order valence-electron chi connectivity index (χ0n) is 11.8. The third-order valence-corrected chi connectivity index (χ3v) is 2.96. The molecule has 0 aromatic carbocycles. The molecule has 19 heavy (non-hydrogen) atoms. The molecule has 1 rings (SSSR count). The topological polar surface area (TPSA) is 55.8 Å². The SMILES string of the molecule is COC(=O)C(=CC(C)=CN1CCCCC1)C(=O)OC. The minimum Gasteiger partial charge on any atom is -0.465 e. The van der Waals surface area contributed by atoms with Crippen LogP contribution < -0.4 is 0 Å². The highest BCUT2D eigenvalue weighted by Crippen LogP contribution is 2.12. The average molecular weight is 267 g/mol. The Bertz CT molecular complexity index is 374. The summed E-state index contributed by atoms with van der Waals surface area (Å²) in [4.78, 5) is 25.2. The Balaban J connectivity index is 2.84. The highest BCUT2D eigenvalue weighted by atomic mass is 16.5. The first-order valence-corrected chi connectivity index (χ1v) is 6.39. The summed E-state index contributed by atoms with van der Waals surface area (Å²) in [5.41, 5.74) is 0.739. The molecule has 5 nitrogen and oxygen atoms in total. The summed E-state index contributed by atoms with van der Waals surface area (Å²) < 4.78 is 9.15. The van der Waals surface area contributed by atoms with Crippen molar-refractivity contribution in [2.75, 3.05) is 27.3 Å². The van der Waals surface area contributed by atoms with Gasteiger partial charge in [-0.2, -0.15) is 0 Å². The monoisotopic (exact) mass is 267 g/mol. The number of piperidine rings is 1. The molecule has 0 N–H and O–H groups in total. The van der Waals surface area contributed by atoms with Crippen LogP contribution in [0.3, 0.4) is 0 Å². The van der Waals surface area contributed by atoms with Crippen LogP contribution in [0.25, 0.3) is 0 Å². The second-order valence-corrected chi connectivity index (χ2v) is 4.51. The molecule has 0 aromatic rings. The van der Waals surface area contributed by atoms with E-state index in [-0.39, 0.29) is 5.57 Å². The third-order valence-electron chi connectivity index (χ3n) is 2.96. The van der Waals surface area contributed by atoms with Crippen molar-refractivity contribution in [3.8, 4) is 0 Å². The van der Waals surface area contributed by atoms with Crippen LogP contribution in [0.4, 0.5) is 0 Å². The van der Waals surface area contributed by atoms with Crippen LogP contribution in [-0.2, 0) is 19.1 Å². The highest BCUT2D eigenvalue weighted by Gasteiger charge is 2.19. The van der Waals surface area contributed by atoms with Gasteiger partial charge in [-0.25, -0.2) is 9.59 Å². The molecule has 0 aromatic heterocycles. The molecule has 0 atom stereocenters. The second kappa shape index (κ2) is 7.61. The van der Waals surface area contributed by atoms with Gasteiger partial charge in [0.1, 0.15) is 5.57 Å². The number of esters is 2. The quantitative estimate of drug-likeness (QED) is 0.255. The predicted molar refractivity (Wildman–Crippen MR) is 71.3 cm³/mol. The van der Waals surface area contributed by atoms with E-state index < -0.39 is 11.9 Å². The van der Waals surface area contributed by atoms with E-state index in [0.29, 0.717) is 0 Å². The Kier molecular flexibility index (Phi) is 6.12. The first-order chi connectivity index (χ1) is 9.08. The summed E-state index contributed by atoms with van der Waals surface area (Å²) in [6.07, 6.45) is 7.08. The smallest absolute Gasteiger partial charge is 0.345 e. The van der Waals surface area contributed by atoms with Crippen molar-refractivity contribution in [2.45, 2.75) is 26.2 Å². The number of methoxy groups -OCH3 is 2. The van der Waals surface area contributed by atoms with Gasteiger partial charge in [0, 0.05) is 19.3 Å². The number of nitrogens with zero attached hydrogens (tertiary/aromatic N) is 1. The molecular formula is C14H21NO4. The van der Waals surface area contributed by atoms with Gasteiger partial charge in [0.25, 0.3) is 0 Å². The van der Waals surface area contributed by atoms with Crippen molar-refractivity contribution >= 4 is 11.9 Å². The summed E-state index contributed by atoms with van der Waals surface area (Å²) in [5, 5.41) is 0. The van der Waals surface area contributed by atoms with E-state index in [1.165, 1.54) is 39.6 Å². The summed E-state index contributed by atoms with van der Waals surface area (Å²) in [6, 6.07) is 0. The van der Waals surface area contributed by atoms with Gasteiger partial charge in [0.2, 0.25) is 0 Å². The van der Waals surface area contributed by atoms with Crippen LogP contribution in [0.15, 0.2) is 23.4 Å². The van der Waals surface area contributed by atoms with Gasteiger partial charge in [-0.05, 0) is 37.8 Å². The van der Waals surface area contributed by atoms with Gasteiger partial charge in [-0.15, -0.1) is 0 Å². The lowest BCUT2D eigenvalue weighted by atomic mass is 10.1. The van der Waals surface area contributed by atoms with Crippen molar-refractivity contribution in [1.82, 2.24) is 4.90 Å². The van der Waals surface area contributed by atoms with Crippen molar-refractivity contribution in [3.63, 3.8) is 0 Å². The van der Waals surface area contributed by atoms with Gasteiger partial charge in [0.05, 0.1) is 14.2 Å². The zero-order valence-corrected chi connectivity index (χ0v) is 11.8. The van der Waals surface area contributed by atoms with Crippen molar-refractivity contribution in [3.05, 3.63) is 23.4 Å². The van der Waals surface area contributed by atoms with Crippen LogP contribution in [0, 0.1) is 0 Å². The Morgan fingerprint density at radius 2 is 1.53 bits per heavy atom. The van der Waals surface area contributed by atoms with E-state index in [9.17, 15) is 9.59 Å². The Labute approximate surface area is 113 Å². The first-order valence-electron chi connectivity index (χ1n) is 6.39. The molecule has 0 unspecified atom stereocenters. The molecule has 1 saturated heterocycles.